The number of anilines is 1. The smallest absolute Gasteiger partial charge is 0.305 e. The standard InChI is InChI=1S/C41H51N7O9/c1-30-13-15-44-38(26-30)43-14-5-10-39(49)45-29-40(50)47-36(28-41(51)52)32-7-4-6-31(27-32)33-11-12-37(35-9-3-2-8-34(33)35)57-25-24-56-23-22-55-21-20-54-19-18-53-17-16-46-48-42/h2-4,6-9,11-13,15,26-27,36H,5,10,14,16-25,28-29H2,1H3,(H,43,44)(H,45,49)(H,47,50)(H,51,52)/t36-/m0/s1. The van der Waals surface area contributed by atoms with Crippen LogP contribution in [0.15, 0.2) is 84.1 Å². The number of azide groups is 1. The van der Waals surface area contributed by atoms with Gasteiger partial charge >= 0.3 is 5.97 Å². The van der Waals surface area contributed by atoms with E-state index in [9.17, 15) is 19.5 Å². The summed E-state index contributed by atoms with van der Waals surface area (Å²) in [5.41, 5.74) is 11.7. The number of aromatic nitrogens is 1. The maximum Gasteiger partial charge on any atom is 0.305 e. The molecule has 1 aromatic heterocycles. The Balaban J connectivity index is 1.22. The van der Waals surface area contributed by atoms with E-state index in [1.54, 1.807) is 12.3 Å². The zero-order valence-electron chi connectivity index (χ0n) is 32.2. The molecule has 0 unspecified atom stereocenters. The van der Waals surface area contributed by atoms with E-state index in [4.69, 9.17) is 29.2 Å². The summed E-state index contributed by atoms with van der Waals surface area (Å²) in [6.07, 6.45) is 2.14. The molecule has 16 nitrogen and oxygen atoms in total. The van der Waals surface area contributed by atoms with E-state index in [0.717, 1.165) is 33.3 Å². The first-order chi connectivity index (χ1) is 27.8. The molecule has 3 aromatic carbocycles. The quantitative estimate of drug-likeness (QED) is 0.0240. The number of aliphatic carboxylic acids is 1. The van der Waals surface area contributed by atoms with Crippen LogP contribution in [-0.2, 0) is 33.3 Å². The number of pyridine rings is 1. The van der Waals surface area contributed by atoms with Crippen molar-refractivity contribution < 1.29 is 43.2 Å². The minimum Gasteiger partial charge on any atom is -0.491 e. The molecule has 4 aromatic rings. The number of hydrogen-bond acceptors (Lipinski definition) is 11. The number of aryl methyl sites for hydroxylation is 1. The zero-order valence-corrected chi connectivity index (χ0v) is 32.2. The minimum atomic E-state index is -1.07. The van der Waals surface area contributed by atoms with Crippen molar-refractivity contribution in [2.45, 2.75) is 32.2 Å². The number of fused-ring (bicyclic) bond motifs is 1. The van der Waals surface area contributed by atoms with Crippen molar-refractivity contribution >= 4 is 34.4 Å². The van der Waals surface area contributed by atoms with Gasteiger partial charge in [-0.2, -0.15) is 0 Å². The molecular formula is C41H51N7O9. The van der Waals surface area contributed by atoms with Gasteiger partial charge in [0.2, 0.25) is 11.8 Å². The molecule has 4 rings (SSSR count). The molecule has 0 saturated carbocycles. The lowest BCUT2D eigenvalue weighted by atomic mass is 9.94. The molecule has 304 valence electrons. The van der Waals surface area contributed by atoms with E-state index in [2.05, 4.69) is 31.0 Å². The molecule has 0 spiro atoms. The topological polar surface area (TPSA) is 215 Å². The highest BCUT2D eigenvalue weighted by Gasteiger charge is 2.20. The van der Waals surface area contributed by atoms with Crippen LogP contribution in [-0.4, -0.2) is 107 Å². The van der Waals surface area contributed by atoms with Crippen molar-refractivity contribution in [3.05, 3.63) is 101 Å². The van der Waals surface area contributed by atoms with Crippen molar-refractivity contribution in [1.29, 1.82) is 0 Å². The lowest BCUT2D eigenvalue weighted by Crippen LogP contribution is -2.39. The van der Waals surface area contributed by atoms with E-state index in [1.165, 1.54) is 0 Å². The van der Waals surface area contributed by atoms with Crippen LogP contribution in [0, 0.1) is 6.92 Å². The van der Waals surface area contributed by atoms with E-state index < -0.39 is 17.9 Å². The van der Waals surface area contributed by atoms with E-state index in [1.807, 2.05) is 73.7 Å². The number of rotatable bonds is 28. The average molecular weight is 786 g/mol. The summed E-state index contributed by atoms with van der Waals surface area (Å²) in [4.78, 5) is 44.0. The van der Waals surface area contributed by atoms with Gasteiger partial charge in [-0.05, 0) is 70.8 Å². The second-order valence-electron chi connectivity index (χ2n) is 12.8. The van der Waals surface area contributed by atoms with Gasteiger partial charge in [-0.3, -0.25) is 14.4 Å². The fraction of sp³-hybridized carbons (Fsp3) is 0.415. The number of nitrogens with zero attached hydrogens (tertiary/aromatic N) is 4. The number of hydrogen-bond donors (Lipinski definition) is 4. The van der Waals surface area contributed by atoms with E-state index in [-0.39, 0.29) is 25.3 Å². The number of benzene rings is 3. The Bertz CT molecular complexity index is 1920. The summed E-state index contributed by atoms with van der Waals surface area (Å²) in [6, 6.07) is 22.1. The van der Waals surface area contributed by atoms with Crippen LogP contribution in [0.3, 0.4) is 0 Å². The van der Waals surface area contributed by atoms with Crippen LogP contribution < -0.4 is 20.7 Å². The fourth-order valence-corrected chi connectivity index (χ4v) is 5.73. The lowest BCUT2D eigenvalue weighted by molar-refractivity contribution is -0.138. The van der Waals surface area contributed by atoms with E-state index in [0.29, 0.717) is 90.3 Å². The first-order valence-corrected chi connectivity index (χ1v) is 18.8. The Labute approximate surface area is 331 Å². The first kappa shape index (κ1) is 44.0. The van der Waals surface area contributed by atoms with Crippen LogP contribution in [0.4, 0.5) is 5.82 Å². The van der Waals surface area contributed by atoms with Gasteiger partial charge in [-0.15, -0.1) is 0 Å². The Morgan fingerprint density at radius 1 is 0.825 bits per heavy atom. The molecule has 0 fully saturated rings. The van der Waals surface area contributed by atoms with Crippen molar-refractivity contribution in [2.24, 2.45) is 5.11 Å². The number of carboxylic acid groups (broad SMARTS) is 1. The van der Waals surface area contributed by atoms with Crippen molar-refractivity contribution in [2.75, 3.05) is 84.4 Å². The van der Waals surface area contributed by atoms with Gasteiger partial charge in [0.25, 0.3) is 0 Å². The number of ether oxygens (including phenoxy) is 5. The molecule has 1 heterocycles. The van der Waals surface area contributed by atoms with Crippen molar-refractivity contribution in [1.82, 2.24) is 15.6 Å². The summed E-state index contributed by atoms with van der Waals surface area (Å²) in [5.74, 6) is -0.411. The third-order valence-electron chi connectivity index (χ3n) is 8.45. The maximum atomic E-state index is 12.9. The van der Waals surface area contributed by atoms with E-state index >= 15 is 0 Å². The number of carbonyl (C=O) groups is 3. The van der Waals surface area contributed by atoms with Gasteiger partial charge in [0.05, 0.1) is 71.9 Å². The number of carbonyl (C=O) groups excluding carboxylic acids is 2. The van der Waals surface area contributed by atoms with Crippen LogP contribution in [0.25, 0.3) is 32.3 Å². The highest BCUT2D eigenvalue weighted by Crippen LogP contribution is 2.35. The van der Waals surface area contributed by atoms with Gasteiger partial charge in [0, 0.05) is 36.0 Å². The first-order valence-electron chi connectivity index (χ1n) is 18.8. The molecular weight excluding hydrogens is 734 g/mol. The minimum absolute atomic E-state index is 0.216. The third kappa shape index (κ3) is 16.5. The average Bonchev–Trinajstić information content (AvgIpc) is 3.21. The normalized spacial score (nSPS) is 11.4. The van der Waals surface area contributed by atoms with Crippen LogP contribution in [0.1, 0.15) is 36.4 Å². The van der Waals surface area contributed by atoms with Gasteiger partial charge in [0.1, 0.15) is 18.2 Å². The predicted octanol–water partition coefficient (Wildman–Crippen LogP) is 5.61. The fourth-order valence-electron chi connectivity index (χ4n) is 5.73. The molecule has 57 heavy (non-hydrogen) atoms. The van der Waals surface area contributed by atoms with Crippen LogP contribution in [0.5, 0.6) is 5.75 Å². The predicted molar refractivity (Wildman–Crippen MR) is 215 cm³/mol. The second-order valence-corrected chi connectivity index (χ2v) is 12.8. The van der Waals surface area contributed by atoms with Gasteiger partial charge in [-0.1, -0.05) is 53.6 Å². The number of amides is 2. The third-order valence-corrected chi connectivity index (χ3v) is 8.45. The molecule has 4 N–H and O–H groups in total. The van der Waals surface area contributed by atoms with Crippen molar-refractivity contribution in [3.63, 3.8) is 0 Å². The number of carboxylic acids is 1. The van der Waals surface area contributed by atoms with Gasteiger partial charge in [-0.25, -0.2) is 4.98 Å². The molecule has 1 atom stereocenters. The van der Waals surface area contributed by atoms with Crippen LogP contribution >= 0.6 is 0 Å². The summed E-state index contributed by atoms with van der Waals surface area (Å²) in [7, 11) is 0. The summed E-state index contributed by atoms with van der Waals surface area (Å²) >= 11 is 0. The monoisotopic (exact) mass is 785 g/mol. The molecule has 0 radical (unpaired) electrons. The Morgan fingerprint density at radius 2 is 1.53 bits per heavy atom. The zero-order chi connectivity index (χ0) is 40.5. The Kier molecular flexibility index (Phi) is 19.6. The molecule has 0 aliphatic rings. The van der Waals surface area contributed by atoms with Crippen molar-refractivity contribution in [3.8, 4) is 16.9 Å². The molecule has 0 aliphatic carbocycles. The SMILES string of the molecule is Cc1ccnc(NCCCC(=O)NCC(=O)N[C@@H](CC(=O)O)c2cccc(-c3ccc(OCCOCCOCCOCCOCCN=[N+]=[N-])c4ccccc34)c2)c1. The molecule has 0 saturated heterocycles. The molecule has 0 bridgehead atoms. The lowest BCUT2D eigenvalue weighted by Gasteiger charge is -2.19. The Hall–Kier alpha value is -5.77. The largest absolute Gasteiger partial charge is 0.491 e. The highest BCUT2D eigenvalue weighted by atomic mass is 16.6. The Morgan fingerprint density at radius 3 is 2.23 bits per heavy atom. The van der Waals surface area contributed by atoms with Crippen LogP contribution in [0.2, 0.25) is 0 Å². The second kappa shape index (κ2) is 25.4. The summed E-state index contributed by atoms with van der Waals surface area (Å²) in [6.45, 7) is 6.16. The molecule has 0 aliphatic heterocycles. The summed E-state index contributed by atoms with van der Waals surface area (Å²) < 4.78 is 28.0. The molecule has 2 amide bonds. The number of nitrogens with one attached hydrogen (secondary N) is 3. The summed E-state index contributed by atoms with van der Waals surface area (Å²) in [5, 5.41) is 23.5. The van der Waals surface area contributed by atoms with Gasteiger partial charge in [0.15, 0.2) is 0 Å². The van der Waals surface area contributed by atoms with Gasteiger partial charge < -0.3 is 44.7 Å². The maximum absolute atomic E-state index is 12.9. The highest BCUT2D eigenvalue weighted by molar-refractivity contribution is 6.00. The molecule has 16 heteroatoms.